The number of fused-ring (bicyclic) bond motifs is 1. The van der Waals surface area contributed by atoms with Crippen molar-refractivity contribution < 1.29 is 24.4 Å². The van der Waals surface area contributed by atoms with Gasteiger partial charge in [0.25, 0.3) is 0 Å². The molecule has 0 aliphatic carbocycles. The van der Waals surface area contributed by atoms with Gasteiger partial charge in [0.2, 0.25) is 0 Å². The molecule has 0 aromatic carbocycles. The number of aliphatic hydroxyl groups is 2. The highest BCUT2D eigenvalue weighted by molar-refractivity contribution is 7.80. The summed E-state index contributed by atoms with van der Waals surface area (Å²) in [5, 5.41) is 23.0. The molecule has 3 N–H and O–H groups in total. The van der Waals surface area contributed by atoms with Gasteiger partial charge in [-0.1, -0.05) is 0 Å². The minimum absolute atomic E-state index is 0. The standard InChI is InChI=1S/C11H21NO5S.ClH/c1-11(2)16-9-7(14)8(15-10(9)17-11)6(13)5-12-3-4-18;/h6-10,12-14,18H,3-5H2,1-2H3;1H. The van der Waals surface area contributed by atoms with Crippen molar-refractivity contribution in [1.82, 2.24) is 5.32 Å². The maximum atomic E-state index is 10.1. The average Bonchev–Trinajstić information content (AvgIpc) is 2.74. The molecule has 2 heterocycles. The maximum Gasteiger partial charge on any atom is 0.190 e. The zero-order chi connectivity index (χ0) is 13.3. The maximum absolute atomic E-state index is 10.1. The summed E-state index contributed by atoms with van der Waals surface area (Å²) in [4.78, 5) is 0. The number of rotatable bonds is 5. The molecule has 0 aromatic rings. The first kappa shape index (κ1) is 17.5. The summed E-state index contributed by atoms with van der Waals surface area (Å²) >= 11 is 4.06. The molecule has 114 valence electrons. The number of thiol groups is 1. The molecule has 5 atom stereocenters. The second-order valence-electron chi connectivity index (χ2n) is 5.05. The summed E-state index contributed by atoms with van der Waals surface area (Å²) in [5.41, 5.74) is 0. The molecule has 0 bridgehead atoms. The number of hydrogen-bond donors (Lipinski definition) is 4. The second-order valence-corrected chi connectivity index (χ2v) is 5.50. The van der Waals surface area contributed by atoms with Crippen LogP contribution in [0.1, 0.15) is 13.8 Å². The molecule has 2 fully saturated rings. The monoisotopic (exact) mass is 315 g/mol. The predicted molar refractivity (Wildman–Crippen MR) is 74.7 cm³/mol. The molecule has 6 nitrogen and oxygen atoms in total. The lowest BCUT2D eigenvalue weighted by atomic mass is 10.1. The van der Waals surface area contributed by atoms with Crippen LogP contribution in [0.4, 0.5) is 0 Å². The average molecular weight is 316 g/mol. The van der Waals surface area contributed by atoms with E-state index in [2.05, 4.69) is 17.9 Å². The van der Waals surface area contributed by atoms with E-state index in [9.17, 15) is 10.2 Å². The lowest BCUT2D eigenvalue weighted by Crippen LogP contribution is -2.45. The lowest BCUT2D eigenvalue weighted by molar-refractivity contribution is -0.225. The van der Waals surface area contributed by atoms with Crippen molar-refractivity contribution in [3.05, 3.63) is 0 Å². The predicted octanol–water partition coefficient (Wildman–Crippen LogP) is -0.474. The summed E-state index contributed by atoms with van der Waals surface area (Å²) in [6, 6.07) is 0. The highest BCUT2D eigenvalue weighted by Crippen LogP contribution is 2.38. The fourth-order valence-corrected chi connectivity index (χ4v) is 2.44. The Morgan fingerprint density at radius 1 is 1.37 bits per heavy atom. The van der Waals surface area contributed by atoms with Crippen molar-refractivity contribution in [2.24, 2.45) is 0 Å². The number of hydrogen-bond acceptors (Lipinski definition) is 7. The van der Waals surface area contributed by atoms with Crippen LogP contribution in [-0.2, 0) is 14.2 Å². The van der Waals surface area contributed by atoms with Gasteiger partial charge < -0.3 is 29.7 Å². The quantitative estimate of drug-likeness (QED) is 0.406. The van der Waals surface area contributed by atoms with Crippen molar-refractivity contribution >= 4 is 25.0 Å². The van der Waals surface area contributed by atoms with Gasteiger partial charge in [0.1, 0.15) is 18.3 Å². The molecule has 2 saturated heterocycles. The normalized spacial score (nSPS) is 37.7. The first-order chi connectivity index (χ1) is 8.44. The second kappa shape index (κ2) is 6.91. The van der Waals surface area contributed by atoms with Crippen molar-refractivity contribution in [2.75, 3.05) is 18.8 Å². The van der Waals surface area contributed by atoms with Gasteiger partial charge in [-0.25, -0.2) is 0 Å². The summed E-state index contributed by atoms with van der Waals surface area (Å²) in [6.45, 7) is 4.56. The molecule has 5 unspecified atom stereocenters. The molecule has 0 spiro atoms. The van der Waals surface area contributed by atoms with Crippen molar-refractivity contribution in [3.8, 4) is 0 Å². The number of ether oxygens (including phenoxy) is 3. The Bertz CT molecular complexity index is 296. The van der Waals surface area contributed by atoms with Crippen molar-refractivity contribution in [3.63, 3.8) is 0 Å². The molecule has 0 amide bonds. The molecule has 2 aliphatic heterocycles. The summed E-state index contributed by atoms with van der Waals surface area (Å²) in [5.74, 6) is -0.0665. The molecule has 2 rings (SSSR count). The Morgan fingerprint density at radius 2 is 2.05 bits per heavy atom. The van der Waals surface area contributed by atoms with E-state index in [1.165, 1.54) is 0 Å². The van der Waals surface area contributed by atoms with E-state index in [-0.39, 0.29) is 12.4 Å². The first-order valence-corrected chi connectivity index (χ1v) is 6.76. The summed E-state index contributed by atoms with van der Waals surface area (Å²) in [6.07, 6.45) is -3.53. The van der Waals surface area contributed by atoms with Crippen LogP contribution in [0, 0.1) is 0 Å². The van der Waals surface area contributed by atoms with Gasteiger partial charge in [0.15, 0.2) is 12.1 Å². The zero-order valence-electron chi connectivity index (χ0n) is 11.0. The van der Waals surface area contributed by atoms with Crippen LogP contribution in [0.5, 0.6) is 0 Å². The van der Waals surface area contributed by atoms with Gasteiger partial charge >= 0.3 is 0 Å². The Balaban J connectivity index is 0.00000180. The van der Waals surface area contributed by atoms with E-state index >= 15 is 0 Å². The van der Waals surface area contributed by atoms with E-state index in [4.69, 9.17) is 14.2 Å². The van der Waals surface area contributed by atoms with E-state index in [1.54, 1.807) is 13.8 Å². The van der Waals surface area contributed by atoms with Gasteiger partial charge in [-0.15, -0.1) is 12.4 Å². The Morgan fingerprint density at radius 3 is 2.63 bits per heavy atom. The van der Waals surface area contributed by atoms with E-state index in [0.29, 0.717) is 18.8 Å². The largest absolute Gasteiger partial charge is 0.389 e. The number of nitrogens with one attached hydrogen (secondary N) is 1. The van der Waals surface area contributed by atoms with Gasteiger partial charge in [-0.3, -0.25) is 0 Å². The Kier molecular flexibility index (Phi) is 6.34. The van der Waals surface area contributed by atoms with Crippen LogP contribution in [-0.4, -0.2) is 65.5 Å². The molecular weight excluding hydrogens is 294 g/mol. The van der Waals surface area contributed by atoms with Crippen LogP contribution >= 0.6 is 25.0 Å². The zero-order valence-corrected chi connectivity index (χ0v) is 12.7. The molecule has 2 aliphatic rings. The highest BCUT2D eigenvalue weighted by Gasteiger charge is 2.55. The molecule has 19 heavy (non-hydrogen) atoms. The van der Waals surface area contributed by atoms with Crippen LogP contribution in [0.3, 0.4) is 0 Å². The number of halogens is 1. The van der Waals surface area contributed by atoms with Gasteiger partial charge in [-0.2, -0.15) is 12.6 Å². The number of aliphatic hydroxyl groups excluding tert-OH is 2. The van der Waals surface area contributed by atoms with Crippen LogP contribution in [0.2, 0.25) is 0 Å². The van der Waals surface area contributed by atoms with Crippen molar-refractivity contribution in [1.29, 1.82) is 0 Å². The van der Waals surface area contributed by atoms with E-state index < -0.39 is 36.5 Å². The molecule has 0 saturated carbocycles. The topological polar surface area (TPSA) is 80.2 Å². The highest BCUT2D eigenvalue weighted by atomic mass is 35.5. The summed E-state index contributed by atoms with van der Waals surface area (Å²) < 4.78 is 16.6. The molecule has 0 radical (unpaired) electrons. The first-order valence-electron chi connectivity index (χ1n) is 6.13. The Labute approximate surface area is 124 Å². The molecular formula is C11H22ClNO5S. The van der Waals surface area contributed by atoms with Crippen LogP contribution < -0.4 is 5.32 Å². The van der Waals surface area contributed by atoms with Gasteiger partial charge in [0.05, 0.1) is 6.10 Å². The third-order valence-corrected chi connectivity index (χ3v) is 3.30. The SMILES string of the molecule is CC1(C)OC2OC(C(O)CNCCS)C(O)C2O1.Cl. The smallest absolute Gasteiger partial charge is 0.190 e. The van der Waals surface area contributed by atoms with Gasteiger partial charge in [-0.05, 0) is 13.8 Å². The van der Waals surface area contributed by atoms with Gasteiger partial charge in [0, 0.05) is 18.8 Å². The lowest BCUT2D eigenvalue weighted by Gasteiger charge is -2.26. The van der Waals surface area contributed by atoms with Crippen LogP contribution in [0.25, 0.3) is 0 Å². The minimum atomic E-state index is -0.885. The summed E-state index contributed by atoms with van der Waals surface area (Å²) in [7, 11) is 0. The van der Waals surface area contributed by atoms with E-state index in [0.717, 1.165) is 0 Å². The molecule has 8 heteroatoms. The van der Waals surface area contributed by atoms with Crippen molar-refractivity contribution in [2.45, 2.75) is 50.3 Å². The molecule has 0 aromatic heterocycles. The van der Waals surface area contributed by atoms with E-state index in [1.807, 2.05) is 0 Å². The van der Waals surface area contributed by atoms with Crippen LogP contribution in [0.15, 0.2) is 0 Å². The minimum Gasteiger partial charge on any atom is -0.389 e. The third kappa shape index (κ3) is 3.95. The Hall–Kier alpha value is 0.400. The fraction of sp³-hybridized carbons (Fsp3) is 1.00. The fourth-order valence-electron chi connectivity index (χ4n) is 2.28. The third-order valence-electron chi connectivity index (χ3n) is 3.07.